The molecule has 0 saturated heterocycles. The molecule has 0 radical (unpaired) electrons. The minimum absolute atomic E-state index is 0.188. The Bertz CT molecular complexity index is 137. The molecule has 3 heteroatoms. The summed E-state index contributed by atoms with van der Waals surface area (Å²) in [7, 11) is 0. The molecule has 3 nitrogen and oxygen atoms in total. The molecule has 78 valence electrons. The number of hydrogen-bond acceptors (Lipinski definition) is 2. The molecule has 0 aliphatic carbocycles. The molecule has 0 rings (SSSR count). The third-order valence-electron chi connectivity index (χ3n) is 2.34. The highest BCUT2D eigenvalue weighted by Crippen LogP contribution is 2.09. The van der Waals surface area contributed by atoms with Gasteiger partial charge in [0.15, 0.2) is 0 Å². The van der Waals surface area contributed by atoms with Crippen LogP contribution in [0.4, 0.5) is 0 Å². The van der Waals surface area contributed by atoms with Gasteiger partial charge in [-0.25, -0.2) is 0 Å². The monoisotopic (exact) mass is 187 g/mol. The van der Waals surface area contributed by atoms with E-state index >= 15 is 0 Å². The van der Waals surface area contributed by atoms with Crippen molar-refractivity contribution in [2.45, 2.75) is 64.8 Å². The van der Waals surface area contributed by atoms with Crippen LogP contribution in [-0.2, 0) is 0 Å². The van der Waals surface area contributed by atoms with Crippen LogP contribution in [-0.4, -0.2) is 11.0 Å². The van der Waals surface area contributed by atoms with Crippen molar-refractivity contribution < 1.29 is 4.92 Å². The summed E-state index contributed by atoms with van der Waals surface area (Å²) in [6.45, 7) is 3.88. The number of nitro groups is 1. The third-order valence-corrected chi connectivity index (χ3v) is 2.34. The van der Waals surface area contributed by atoms with Gasteiger partial charge in [-0.2, -0.15) is 0 Å². The van der Waals surface area contributed by atoms with E-state index in [-0.39, 0.29) is 11.0 Å². The summed E-state index contributed by atoms with van der Waals surface area (Å²) in [4.78, 5) is 10.1. The SMILES string of the molecule is CCCCCCCCC(C)[N+](=O)[O-]. The summed E-state index contributed by atoms with van der Waals surface area (Å²) < 4.78 is 0. The van der Waals surface area contributed by atoms with Crippen LogP contribution in [0.5, 0.6) is 0 Å². The van der Waals surface area contributed by atoms with Crippen LogP contribution in [0, 0.1) is 10.1 Å². The van der Waals surface area contributed by atoms with Crippen LogP contribution in [0.2, 0.25) is 0 Å². The van der Waals surface area contributed by atoms with Gasteiger partial charge in [0.2, 0.25) is 6.04 Å². The van der Waals surface area contributed by atoms with E-state index in [0.717, 1.165) is 19.3 Å². The molecule has 1 unspecified atom stereocenters. The average Bonchev–Trinajstić information content (AvgIpc) is 2.10. The molecular formula is C10H21NO2. The molecule has 0 amide bonds. The molecule has 0 aromatic rings. The molecule has 0 aliphatic heterocycles. The Morgan fingerprint density at radius 3 is 2.23 bits per heavy atom. The van der Waals surface area contributed by atoms with Gasteiger partial charge in [0.1, 0.15) is 0 Å². The van der Waals surface area contributed by atoms with Crippen molar-refractivity contribution in [1.29, 1.82) is 0 Å². The van der Waals surface area contributed by atoms with Gasteiger partial charge in [0.05, 0.1) is 0 Å². The highest BCUT2D eigenvalue weighted by molar-refractivity contribution is 4.50. The largest absolute Gasteiger partial charge is 0.264 e. The Hall–Kier alpha value is -0.600. The summed E-state index contributed by atoms with van der Waals surface area (Å²) >= 11 is 0. The lowest BCUT2D eigenvalue weighted by Gasteiger charge is -2.03. The molecule has 0 spiro atoms. The Morgan fingerprint density at radius 1 is 1.15 bits per heavy atom. The lowest BCUT2D eigenvalue weighted by atomic mass is 10.1. The first-order chi connectivity index (χ1) is 6.18. The zero-order valence-corrected chi connectivity index (χ0v) is 8.79. The number of nitrogens with zero attached hydrogens (tertiary/aromatic N) is 1. The van der Waals surface area contributed by atoms with E-state index in [1.54, 1.807) is 6.92 Å². The fraction of sp³-hybridized carbons (Fsp3) is 1.00. The van der Waals surface area contributed by atoms with Crippen molar-refractivity contribution in [2.24, 2.45) is 0 Å². The highest BCUT2D eigenvalue weighted by Gasteiger charge is 2.10. The Labute approximate surface area is 80.7 Å². The molecule has 0 aromatic heterocycles. The average molecular weight is 187 g/mol. The number of hydrogen-bond donors (Lipinski definition) is 0. The lowest BCUT2D eigenvalue weighted by molar-refractivity contribution is -0.519. The molecule has 0 aliphatic rings. The first-order valence-corrected chi connectivity index (χ1v) is 5.32. The minimum Gasteiger partial charge on any atom is -0.264 e. The van der Waals surface area contributed by atoms with Crippen molar-refractivity contribution >= 4 is 0 Å². The highest BCUT2D eigenvalue weighted by atomic mass is 16.6. The van der Waals surface area contributed by atoms with Gasteiger partial charge >= 0.3 is 0 Å². The number of rotatable bonds is 8. The smallest absolute Gasteiger partial charge is 0.210 e. The molecule has 0 bridgehead atoms. The molecule has 0 aromatic carbocycles. The van der Waals surface area contributed by atoms with Crippen molar-refractivity contribution in [3.63, 3.8) is 0 Å². The standard InChI is InChI=1S/C10H21NO2/c1-3-4-5-6-7-8-9-10(2)11(12)13/h10H,3-9H2,1-2H3. The van der Waals surface area contributed by atoms with E-state index in [0.29, 0.717) is 0 Å². The van der Waals surface area contributed by atoms with Crippen LogP contribution in [0.3, 0.4) is 0 Å². The van der Waals surface area contributed by atoms with Gasteiger partial charge in [-0.05, 0) is 6.42 Å². The molecule has 13 heavy (non-hydrogen) atoms. The molecule has 0 heterocycles. The Balaban J connectivity index is 3.11. The summed E-state index contributed by atoms with van der Waals surface area (Å²) in [5, 5.41) is 10.3. The molecule has 0 fully saturated rings. The van der Waals surface area contributed by atoms with E-state index in [9.17, 15) is 10.1 Å². The van der Waals surface area contributed by atoms with E-state index in [2.05, 4.69) is 6.92 Å². The van der Waals surface area contributed by atoms with Crippen molar-refractivity contribution in [3.8, 4) is 0 Å². The fourth-order valence-electron chi connectivity index (χ4n) is 1.33. The summed E-state index contributed by atoms with van der Waals surface area (Å²) in [5.74, 6) is 0. The topological polar surface area (TPSA) is 43.1 Å². The fourth-order valence-corrected chi connectivity index (χ4v) is 1.33. The van der Waals surface area contributed by atoms with Gasteiger partial charge < -0.3 is 0 Å². The normalized spacial score (nSPS) is 12.8. The van der Waals surface area contributed by atoms with Crippen LogP contribution < -0.4 is 0 Å². The van der Waals surface area contributed by atoms with Gasteiger partial charge in [-0.1, -0.05) is 39.0 Å². The van der Waals surface area contributed by atoms with Gasteiger partial charge in [0.25, 0.3) is 0 Å². The second-order valence-corrected chi connectivity index (χ2v) is 3.69. The first kappa shape index (κ1) is 12.4. The van der Waals surface area contributed by atoms with Crippen molar-refractivity contribution in [1.82, 2.24) is 0 Å². The minimum atomic E-state index is -0.355. The van der Waals surface area contributed by atoms with E-state index < -0.39 is 0 Å². The quantitative estimate of drug-likeness (QED) is 0.332. The maximum Gasteiger partial charge on any atom is 0.210 e. The zero-order valence-electron chi connectivity index (χ0n) is 8.79. The molecular weight excluding hydrogens is 166 g/mol. The van der Waals surface area contributed by atoms with E-state index in [1.807, 2.05) is 0 Å². The second-order valence-electron chi connectivity index (χ2n) is 3.69. The van der Waals surface area contributed by atoms with Crippen LogP contribution in [0.1, 0.15) is 58.8 Å². The predicted molar refractivity (Wildman–Crippen MR) is 54.4 cm³/mol. The molecule has 1 atom stereocenters. The van der Waals surface area contributed by atoms with Crippen molar-refractivity contribution in [2.75, 3.05) is 0 Å². The third kappa shape index (κ3) is 7.75. The van der Waals surface area contributed by atoms with Crippen molar-refractivity contribution in [3.05, 3.63) is 10.1 Å². The summed E-state index contributed by atoms with van der Waals surface area (Å²) in [6, 6.07) is -0.355. The molecule has 0 saturated carbocycles. The maximum atomic E-state index is 10.3. The van der Waals surface area contributed by atoms with Gasteiger partial charge in [-0.15, -0.1) is 0 Å². The molecule has 0 N–H and O–H groups in total. The number of unbranched alkanes of at least 4 members (excludes halogenated alkanes) is 5. The van der Waals surface area contributed by atoms with E-state index in [4.69, 9.17) is 0 Å². The predicted octanol–water partition coefficient (Wildman–Crippen LogP) is 3.40. The van der Waals surface area contributed by atoms with E-state index in [1.165, 1.54) is 25.7 Å². The van der Waals surface area contributed by atoms with Gasteiger partial charge in [0, 0.05) is 18.3 Å². The van der Waals surface area contributed by atoms with Crippen LogP contribution >= 0.6 is 0 Å². The Morgan fingerprint density at radius 2 is 1.69 bits per heavy atom. The van der Waals surface area contributed by atoms with Crippen LogP contribution in [0.15, 0.2) is 0 Å². The summed E-state index contributed by atoms with van der Waals surface area (Å²) in [5.41, 5.74) is 0. The maximum absolute atomic E-state index is 10.3. The van der Waals surface area contributed by atoms with Crippen LogP contribution in [0.25, 0.3) is 0 Å². The zero-order chi connectivity index (χ0) is 10.1. The van der Waals surface area contributed by atoms with Gasteiger partial charge in [-0.3, -0.25) is 10.1 Å². The Kier molecular flexibility index (Phi) is 7.65. The first-order valence-electron chi connectivity index (χ1n) is 5.32. The lowest BCUT2D eigenvalue weighted by Crippen LogP contribution is -2.14. The second kappa shape index (κ2) is 8.02. The summed E-state index contributed by atoms with van der Waals surface area (Å²) in [6.07, 6.45) is 7.96.